The van der Waals surface area contributed by atoms with Crippen molar-refractivity contribution in [2.75, 3.05) is 20.7 Å². The molecular formula is C9H17N3OS. The van der Waals surface area contributed by atoms with Gasteiger partial charge in [0, 0.05) is 30.1 Å². The highest BCUT2D eigenvalue weighted by Gasteiger charge is 2.07. The van der Waals surface area contributed by atoms with Crippen LogP contribution >= 0.6 is 11.3 Å². The maximum atomic E-state index is 8.79. The lowest BCUT2D eigenvalue weighted by molar-refractivity contribution is 0.265. The summed E-state index contributed by atoms with van der Waals surface area (Å²) in [5, 5.41) is 9.80. The summed E-state index contributed by atoms with van der Waals surface area (Å²) in [5.41, 5.74) is 5.62. The average molecular weight is 215 g/mol. The Bertz CT molecular complexity index is 275. The van der Waals surface area contributed by atoms with E-state index in [2.05, 4.69) is 9.88 Å². The Kier molecular flexibility index (Phi) is 4.47. The molecule has 1 aromatic heterocycles. The molecule has 0 fully saturated rings. The predicted octanol–water partition coefficient (Wildman–Crippen LogP) is 0.0668. The number of hydrogen-bond donors (Lipinski definition) is 2. The van der Waals surface area contributed by atoms with Crippen LogP contribution in [0.4, 0.5) is 0 Å². The van der Waals surface area contributed by atoms with Crippen molar-refractivity contribution in [3.63, 3.8) is 0 Å². The molecular weight excluding hydrogens is 198 g/mol. The third-order valence-electron chi connectivity index (χ3n) is 1.74. The van der Waals surface area contributed by atoms with Crippen molar-refractivity contribution in [3.05, 3.63) is 16.1 Å². The molecule has 1 aromatic rings. The van der Waals surface area contributed by atoms with Crippen LogP contribution in [0.2, 0.25) is 0 Å². The van der Waals surface area contributed by atoms with Crippen LogP contribution in [0.1, 0.15) is 9.88 Å². The summed E-state index contributed by atoms with van der Waals surface area (Å²) < 4.78 is 0. The van der Waals surface area contributed by atoms with Gasteiger partial charge in [-0.2, -0.15) is 0 Å². The van der Waals surface area contributed by atoms with E-state index in [0.29, 0.717) is 6.42 Å². The molecule has 5 heteroatoms. The maximum Gasteiger partial charge on any atom is 0.0944 e. The SMILES string of the molecule is CN(C)Cc1cnc(CC(N)CO)s1. The van der Waals surface area contributed by atoms with E-state index in [-0.39, 0.29) is 12.6 Å². The quantitative estimate of drug-likeness (QED) is 0.729. The second kappa shape index (κ2) is 5.41. The van der Waals surface area contributed by atoms with Crippen LogP contribution in [0.25, 0.3) is 0 Å². The van der Waals surface area contributed by atoms with E-state index in [1.54, 1.807) is 11.3 Å². The van der Waals surface area contributed by atoms with E-state index >= 15 is 0 Å². The highest BCUT2D eigenvalue weighted by molar-refractivity contribution is 7.11. The fourth-order valence-corrected chi connectivity index (χ4v) is 2.25. The molecule has 0 spiro atoms. The zero-order valence-electron chi connectivity index (χ0n) is 8.60. The molecule has 4 nitrogen and oxygen atoms in total. The molecule has 3 N–H and O–H groups in total. The Hall–Kier alpha value is -0.490. The van der Waals surface area contributed by atoms with Gasteiger partial charge in [0.25, 0.3) is 0 Å². The van der Waals surface area contributed by atoms with Gasteiger partial charge in [-0.05, 0) is 14.1 Å². The van der Waals surface area contributed by atoms with Gasteiger partial charge < -0.3 is 15.7 Å². The van der Waals surface area contributed by atoms with Crippen LogP contribution < -0.4 is 5.73 Å². The second-order valence-electron chi connectivity index (χ2n) is 3.60. The monoisotopic (exact) mass is 215 g/mol. The molecule has 0 amide bonds. The number of nitrogens with two attached hydrogens (primary N) is 1. The van der Waals surface area contributed by atoms with Crippen molar-refractivity contribution in [1.82, 2.24) is 9.88 Å². The molecule has 1 unspecified atom stereocenters. The van der Waals surface area contributed by atoms with E-state index in [1.807, 2.05) is 20.3 Å². The minimum absolute atomic E-state index is 0.0165. The minimum Gasteiger partial charge on any atom is -0.395 e. The first-order valence-corrected chi connectivity index (χ1v) is 5.38. The summed E-state index contributed by atoms with van der Waals surface area (Å²) in [6.07, 6.45) is 2.54. The third-order valence-corrected chi connectivity index (χ3v) is 2.75. The summed E-state index contributed by atoms with van der Waals surface area (Å²) in [6.45, 7) is 0.925. The van der Waals surface area contributed by atoms with E-state index in [0.717, 1.165) is 11.6 Å². The minimum atomic E-state index is -0.187. The highest BCUT2D eigenvalue weighted by Crippen LogP contribution is 2.15. The Morgan fingerprint density at radius 1 is 1.64 bits per heavy atom. The zero-order chi connectivity index (χ0) is 10.6. The summed E-state index contributed by atoms with van der Waals surface area (Å²) >= 11 is 1.66. The van der Waals surface area contributed by atoms with Crippen LogP contribution in [0.3, 0.4) is 0 Å². The molecule has 0 bridgehead atoms. The van der Waals surface area contributed by atoms with Gasteiger partial charge in [0.1, 0.15) is 0 Å². The molecule has 0 aliphatic carbocycles. The van der Waals surface area contributed by atoms with Crippen LogP contribution in [-0.2, 0) is 13.0 Å². The van der Waals surface area contributed by atoms with Crippen molar-refractivity contribution >= 4 is 11.3 Å². The van der Waals surface area contributed by atoms with Crippen LogP contribution in [0.5, 0.6) is 0 Å². The zero-order valence-corrected chi connectivity index (χ0v) is 9.42. The summed E-state index contributed by atoms with van der Waals surface area (Å²) in [5.74, 6) is 0. The Labute approximate surface area is 88.4 Å². The van der Waals surface area contributed by atoms with E-state index in [4.69, 9.17) is 10.8 Å². The number of nitrogens with zero attached hydrogens (tertiary/aromatic N) is 2. The normalized spacial score (nSPS) is 13.5. The number of aliphatic hydroxyl groups excluding tert-OH is 1. The maximum absolute atomic E-state index is 8.79. The topological polar surface area (TPSA) is 62.4 Å². The van der Waals surface area contributed by atoms with Gasteiger partial charge in [0.05, 0.1) is 11.6 Å². The Morgan fingerprint density at radius 2 is 2.36 bits per heavy atom. The number of aliphatic hydroxyl groups is 1. The summed E-state index contributed by atoms with van der Waals surface area (Å²) in [7, 11) is 4.05. The van der Waals surface area contributed by atoms with Crippen molar-refractivity contribution in [2.24, 2.45) is 5.73 Å². The number of rotatable bonds is 5. The van der Waals surface area contributed by atoms with Crippen LogP contribution in [0.15, 0.2) is 6.20 Å². The first-order valence-electron chi connectivity index (χ1n) is 4.56. The van der Waals surface area contributed by atoms with Crippen molar-refractivity contribution < 1.29 is 5.11 Å². The Morgan fingerprint density at radius 3 is 2.93 bits per heavy atom. The smallest absolute Gasteiger partial charge is 0.0944 e. The number of aromatic nitrogens is 1. The van der Waals surface area contributed by atoms with Crippen LogP contribution in [0, 0.1) is 0 Å². The lowest BCUT2D eigenvalue weighted by atomic mass is 10.2. The van der Waals surface area contributed by atoms with Crippen molar-refractivity contribution in [1.29, 1.82) is 0 Å². The highest BCUT2D eigenvalue weighted by atomic mass is 32.1. The fourth-order valence-electron chi connectivity index (χ4n) is 1.12. The molecule has 0 saturated heterocycles. The van der Waals surface area contributed by atoms with Gasteiger partial charge in [-0.3, -0.25) is 0 Å². The predicted molar refractivity (Wildman–Crippen MR) is 58.3 cm³/mol. The van der Waals surface area contributed by atoms with Gasteiger partial charge >= 0.3 is 0 Å². The molecule has 80 valence electrons. The standard InChI is InChI=1S/C9H17N3OS/c1-12(2)5-8-4-11-9(14-8)3-7(10)6-13/h4,7,13H,3,5-6,10H2,1-2H3. The van der Waals surface area contributed by atoms with E-state index < -0.39 is 0 Å². The van der Waals surface area contributed by atoms with Gasteiger partial charge in [0.15, 0.2) is 0 Å². The molecule has 0 aliphatic heterocycles. The largest absolute Gasteiger partial charge is 0.395 e. The van der Waals surface area contributed by atoms with E-state index in [9.17, 15) is 0 Å². The molecule has 0 aliphatic rings. The molecule has 0 saturated carbocycles. The van der Waals surface area contributed by atoms with Gasteiger partial charge in [-0.1, -0.05) is 0 Å². The molecule has 1 rings (SSSR count). The Balaban J connectivity index is 2.50. The average Bonchev–Trinajstić information content (AvgIpc) is 2.51. The lowest BCUT2D eigenvalue weighted by Crippen LogP contribution is -2.26. The van der Waals surface area contributed by atoms with Crippen LogP contribution in [-0.4, -0.2) is 41.7 Å². The van der Waals surface area contributed by atoms with Gasteiger partial charge in [-0.25, -0.2) is 4.98 Å². The molecule has 0 aromatic carbocycles. The molecule has 14 heavy (non-hydrogen) atoms. The second-order valence-corrected chi connectivity index (χ2v) is 4.80. The molecule has 1 atom stereocenters. The molecule has 0 radical (unpaired) electrons. The third kappa shape index (κ3) is 3.71. The van der Waals surface area contributed by atoms with Gasteiger partial charge in [0.2, 0.25) is 0 Å². The summed E-state index contributed by atoms with van der Waals surface area (Å²) in [6, 6.07) is -0.187. The molecule has 1 heterocycles. The number of hydrogen-bond acceptors (Lipinski definition) is 5. The lowest BCUT2D eigenvalue weighted by Gasteiger charge is -2.06. The van der Waals surface area contributed by atoms with Crippen molar-refractivity contribution in [3.8, 4) is 0 Å². The first kappa shape index (κ1) is 11.6. The fraction of sp³-hybridized carbons (Fsp3) is 0.667. The number of thiazole rings is 1. The summed E-state index contributed by atoms with van der Waals surface area (Å²) in [4.78, 5) is 7.59. The first-order chi connectivity index (χ1) is 6.61. The van der Waals surface area contributed by atoms with E-state index in [1.165, 1.54) is 4.88 Å². The van der Waals surface area contributed by atoms with Gasteiger partial charge in [-0.15, -0.1) is 11.3 Å². The van der Waals surface area contributed by atoms with Crippen molar-refractivity contribution in [2.45, 2.75) is 19.0 Å².